The van der Waals surface area contributed by atoms with Crippen LogP contribution in [0.1, 0.15) is 24.5 Å². The van der Waals surface area contributed by atoms with Crippen LogP contribution < -0.4 is 9.47 Å². The second-order valence-corrected chi connectivity index (χ2v) is 4.12. The molecule has 0 amide bonds. The second kappa shape index (κ2) is 2.87. The van der Waals surface area contributed by atoms with Gasteiger partial charge in [-0.15, -0.1) is 0 Å². The molecule has 0 unspecified atom stereocenters. The van der Waals surface area contributed by atoms with Crippen molar-refractivity contribution in [2.24, 2.45) is 0 Å². The van der Waals surface area contributed by atoms with Crippen molar-refractivity contribution >= 4 is 0 Å². The van der Waals surface area contributed by atoms with E-state index in [9.17, 15) is 10.2 Å². The van der Waals surface area contributed by atoms with Crippen LogP contribution in [0.15, 0.2) is 18.2 Å². The molecule has 4 heteroatoms. The van der Waals surface area contributed by atoms with Gasteiger partial charge in [0.15, 0.2) is 11.5 Å². The van der Waals surface area contributed by atoms with E-state index in [-0.39, 0.29) is 6.79 Å². The van der Waals surface area contributed by atoms with Gasteiger partial charge in [-0.05, 0) is 30.5 Å². The number of hydrogen-bond acceptors (Lipinski definition) is 4. The monoisotopic (exact) mass is 208 g/mol. The largest absolute Gasteiger partial charge is 0.454 e. The first-order chi connectivity index (χ1) is 7.19. The van der Waals surface area contributed by atoms with Crippen LogP contribution in [0.4, 0.5) is 0 Å². The van der Waals surface area contributed by atoms with Gasteiger partial charge in [0, 0.05) is 0 Å². The molecule has 0 radical (unpaired) electrons. The van der Waals surface area contributed by atoms with Crippen LogP contribution in [0.3, 0.4) is 0 Å². The predicted octanol–water partition coefficient (Wildman–Crippen LogP) is 0.974. The average molecular weight is 208 g/mol. The van der Waals surface area contributed by atoms with Gasteiger partial charge in [0.1, 0.15) is 6.10 Å². The summed E-state index contributed by atoms with van der Waals surface area (Å²) >= 11 is 0. The van der Waals surface area contributed by atoms with Crippen molar-refractivity contribution in [1.82, 2.24) is 0 Å². The van der Waals surface area contributed by atoms with Crippen molar-refractivity contribution in [3.05, 3.63) is 23.8 Å². The first kappa shape index (κ1) is 9.00. The minimum absolute atomic E-state index is 0.221. The van der Waals surface area contributed by atoms with E-state index in [1.54, 1.807) is 18.2 Å². The lowest BCUT2D eigenvalue weighted by Crippen LogP contribution is -2.19. The summed E-state index contributed by atoms with van der Waals surface area (Å²) < 4.78 is 10.4. The van der Waals surface area contributed by atoms with E-state index in [0.717, 1.165) is 0 Å². The molecule has 1 aliphatic carbocycles. The Morgan fingerprint density at radius 1 is 1.20 bits per heavy atom. The van der Waals surface area contributed by atoms with Gasteiger partial charge in [0.05, 0.1) is 5.60 Å². The fourth-order valence-corrected chi connectivity index (χ4v) is 1.79. The van der Waals surface area contributed by atoms with E-state index in [1.807, 2.05) is 0 Å². The van der Waals surface area contributed by atoms with E-state index in [2.05, 4.69) is 0 Å². The number of rotatable bonds is 2. The highest BCUT2D eigenvalue weighted by atomic mass is 16.7. The molecule has 1 atom stereocenters. The molecule has 0 bridgehead atoms. The van der Waals surface area contributed by atoms with Gasteiger partial charge in [0.2, 0.25) is 6.79 Å². The Kier molecular flexibility index (Phi) is 1.72. The summed E-state index contributed by atoms with van der Waals surface area (Å²) in [6.45, 7) is 0.221. The van der Waals surface area contributed by atoms with E-state index >= 15 is 0 Å². The number of benzene rings is 1. The van der Waals surface area contributed by atoms with Crippen LogP contribution in [-0.2, 0) is 0 Å². The third kappa shape index (κ3) is 1.37. The van der Waals surface area contributed by atoms with Crippen LogP contribution in [0, 0.1) is 0 Å². The van der Waals surface area contributed by atoms with Crippen molar-refractivity contribution in [3.63, 3.8) is 0 Å². The van der Waals surface area contributed by atoms with E-state index in [0.29, 0.717) is 29.9 Å². The summed E-state index contributed by atoms with van der Waals surface area (Å²) in [6.07, 6.45) is 0.484. The first-order valence-electron chi connectivity index (χ1n) is 4.99. The second-order valence-electron chi connectivity index (χ2n) is 4.12. The highest BCUT2D eigenvalue weighted by molar-refractivity contribution is 5.45. The van der Waals surface area contributed by atoms with Crippen LogP contribution >= 0.6 is 0 Å². The number of ether oxygens (including phenoxy) is 2. The summed E-state index contributed by atoms with van der Waals surface area (Å²) in [6, 6.07) is 5.24. The lowest BCUT2D eigenvalue weighted by atomic mass is 10.0. The topological polar surface area (TPSA) is 58.9 Å². The summed E-state index contributed by atoms with van der Waals surface area (Å²) in [5.41, 5.74) is -0.243. The molecule has 80 valence electrons. The molecular formula is C11H12O4. The standard InChI is InChI=1S/C11H12O4/c12-10(11(13)3-4-11)7-1-2-8-9(5-7)15-6-14-8/h1-2,5,10,12-13H,3-4,6H2/t10-/m0/s1. The Hall–Kier alpha value is -1.26. The summed E-state index contributed by atoms with van der Waals surface area (Å²) in [5, 5.41) is 19.7. The molecule has 1 fully saturated rings. The number of fused-ring (bicyclic) bond motifs is 1. The maximum Gasteiger partial charge on any atom is 0.231 e. The van der Waals surface area contributed by atoms with Gasteiger partial charge in [0.25, 0.3) is 0 Å². The smallest absolute Gasteiger partial charge is 0.231 e. The summed E-state index contributed by atoms with van der Waals surface area (Å²) in [7, 11) is 0. The molecule has 0 aromatic heterocycles. The Labute approximate surface area is 87.1 Å². The summed E-state index contributed by atoms with van der Waals surface area (Å²) in [5.74, 6) is 1.32. The van der Waals surface area contributed by atoms with Gasteiger partial charge >= 0.3 is 0 Å². The molecule has 1 aliphatic heterocycles. The summed E-state index contributed by atoms with van der Waals surface area (Å²) in [4.78, 5) is 0. The Balaban J connectivity index is 1.92. The fourth-order valence-electron chi connectivity index (χ4n) is 1.79. The molecule has 1 saturated carbocycles. The quantitative estimate of drug-likeness (QED) is 0.760. The number of hydrogen-bond donors (Lipinski definition) is 2. The molecule has 2 aliphatic rings. The highest BCUT2D eigenvalue weighted by Gasteiger charge is 2.48. The molecule has 1 heterocycles. The number of aliphatic hydroxyl groups is 2. The van der Waals surface area contributed by atoms with E-state index < -0.39 is 11.7 Å². The third-order valence-corrected chi connectivity index (χ3v) is 2.98. The Bertz CT molecular complexity index is 398. The van der Waals surface area contributed by atoms with Crippen molar-refractivity contribution in [2.45, 2.75) is 24.5 Å². The Morgan fingerprint density at radius 2 is 1.93 bits per heavy atom. The Morgan fingerprint density at radius 3 is 2.67 bits per heavy atom. The van der Waals surface area contributed by atoms with Crippen molar-refractivity contribution in [2.75, 3.05) is 6.79 Å². The lowest BCUT2D eigenvalue weighted by Gasteiger charge is -2.16. The van der Waals surface area contributed by atoms with Crippen LogP contribution in [0.2, 0.25) is 0 Å². The molecule has 1 aromatic carbocycles. The molecule has 2 N–H and O–H groups in total. The zero-order valence-corrected chi connectivity index (χ0v) is 8.14. The predicted molar refractivity (Wildman–Crippen MR) is 51.7 cm³/mol. The lowest BCUT2D eigenvalue weighted by molar-refractivity contribution is -0.00180. The zero-order chi connectivity index (χ0) is 10.5. The van der Waals surface area contributed by atoms with Crippen LogP contribution in [0.25, 0.3) is 0 Å². The maximum atomic E-state index is 9.90. The molecule has 0 saturated heterocycles. The third-order valence-electron chi connectivity index (χ3n) is 2.98. The molecular weight excluding hydrogens is 196 g/mol. The minimum Gasteiger partial charge on any atom is -0.454 e. The van der Waals surface area contributed by atoms with E-state index in [4.69, 9.17) is 9.47 Å². The van der Waals surface area contributed by atoms with E-state index in [1.165, 1.54) is 0 Å². The van der Waals surface area contributed by atoms with Gasteiger partial charge in [-0.1, -0.05) is 6.07 Å². The number of aliphatic hydroxyl groups excluding tert-OH is 1. The van der Waals surface area contributed by atoms with Crippen molar-refractivity contribution in [3.8, 4) is 11.5 Å². The van der Waals surface area contributed by atoms with Gasteiger partial charge in [-0.2, -0.15) is 0 Å². The van der Waals surface area contributed by atoms with Crippen LogP contribution in [-0.4, -0.2) is 22.6 Å². The van der Waals surface area contributed by atoms with Gasteiger partial charge in [-0.3, -0.25) is 0 Å². The zero-order valence-electron chi connectivity index (χ0n) is 8.14. The average Bonchev–Trinajstić information content (AvgIpc) is 2.82. The molecule has 4 nitrogen and oxygen atoms in total. The van der Waals surface area contributed by atoms with Gasteiger partial charge in [-0.25, -0.2) is 0 Å². The van der Waals surface area contributed by atoms with Crippen LogP contribution in [0.5, 0.6) is 11.5 Å². The highest BCUT2D eigenvalue weighted by Crippen LogP contribution is 2.47. The molecule has 15 heavy (non-hydrogen) atoms. The molecule has 1 aromatic rings. The van der Waals surface area contributed by atoms with Gasteiger partial charge < -0.3 is 19.7 Å². The fraction of sp³-hybridized carbons (Fsp3) is 0.455. The molecule has 3 rings (SSSR count). The maximum absolute atomic E-state index is 9.90. The molecule has 0 spiro atoms. The van der Waals surface area contributed by atoms with Crippen molar-refractivity contribution in [1.29, 1.82) is 0 Å². The van der Waals surface area contributed by atoms with Crippen molar-refractivity contribution < 1.29 is 19.7 Å². The SMILES string of the molecule is O[C@@H](c1ccc2c(c1)OCO2)C1(O)CC1. The minimum atomic E-state index is -0.923. The normalized spacial score (nSPS) is 22.5. The first-order valence-corrected chi connectivity index (χ1v) is 4.99.